The van der Waals surface area contributed by atoms with Gasteiger partial charge in [0.05, 0.1) is 19.7 Å². The van der Waals surface area contributed by atoms with Gasteiger partial charge in [-0.2, -0.15) is 5.10 Å². The van der Waals surface area contributed by atoms with E-state index in [2.05, 4.69) is 14.8 Å². The zero-order valence-corrected chi connectivity index (χ0v) is 18.4. The van der Waals surface area contributed by atoms with Crippen molar-refractivity contribution in [3.8, 4) is 17.0 Å². The number of hydrogen-bond acceptors (Lipinski definition) is 6. The Bertz CT molecular complexity index is 1220. The number of pyridine rings is 1. The molecule has 0 aliphatic carbocycles. The highest BCUT2D eigenvalue weighted by Crippen LogP contribution is 2.33. The third-order valence-corrected chi connectivity index (χ3v) is 6.03. The van der Waals surface area contributed by atoms with Crippen molar-refractivity contribution in [1.29, 1.82) is 0 Å². The third-order valence-electron chi connectivity index (χ3n) is 4.70. The molecule has 0 spiro atoms. The van der Waals surface area contributed by atoms with Gasteiger partial charge in [0.2, 0.25) is 11.8 Å². The average Bonchev–Trinajstić information content (AvgIpc) is 3.16. The second kappa shape index (κ2) is 8.84. The van der Waals surface area contributed by atoms with E-state index in [1.807, 2.05) is 13.8 Å². The van der Waals surface area contributed by atoms with Crippen LogP contribution in [0.15, 0.2) is 47.8 Å². The lowest BCUT2D eigenvalue weighted by Crippen LogP contribution is -2.32. The first-order valence-corrected chi connectivity index (χ1v) is 11.0. The first kappa shape index (κ1) is 22.4. The van der Waals surface area contributed by atoms with E-state index in [9.17, 15) is 17.6 Å². The maximum atomic E-state index is 14.4. The first-order valence-electron chi connectivity index (χ1n) is 9.47. The molecule has 8 nitrogen and oxygen atoms in total. The fourth-order valence-electron chi connectivity index (χ4n) is 3.26. The Morgan fingerprint density at radius 2 is 2.03 bits per heavy atom. The van der Waals surface area contributed by atoms with E-state index in [0.29, 0.717) is 28.1 Å². The van der Waals surface area contributed by atoms with Crippen molar-refractivity contribution < 1.29 is 22.3 Å². The van der Waals surface area contributed by atoms with Gasteiger partial charge in [0.1, 0.15) is 10.7 Å². The van der Waals surface area contributed by atoms with Gasteiger partial charge in [-0.25, -0.2) is 22.5 Å². The second-order valence-corrected chi connectivity index (χ2v) is 9.00. The Morgan fingerprint density at radius 1 is 1.29 bits per heavy atom. The normalized spacial score (nSPS) is 11.5. The van der Waals surface area contributed by atoms with E-state index in [-0.39, 0.29) is 17.2 Å². The number of aryl methyl sites for hydroxylation is 1. The van der Waals surface area contributed by atoms with Gasteiger partial charge in [-0.1, -0.05) is 13.8 Å². The Morgan fingerprint density at radius 3 is 2.65 bits per heavy atom. The van der Waals surface area contributed by atoms with Crippen molar-refractivity contribution in [2.75, 3.05) is 7.11 Å². The molecular formula is C21H23FN4O4S. The molecule has 0 aliphatic heterocycles. The molecule has 2 aromatic heterocycles. The molecule has 1 N–H and O–H groups in total. The summed E-state index contributed by atoms with van der Waals surface area (Å²) in [4.78, 5) is 16.7. The molecule has 3 aromatic rings. The Balaban J connectivity index is 2.01. The fraction of sp³-hybridized carbons (Fsp3) is 0.286. The quantitative estimate of drug-likeness (QED) is 0.599. The average molecular weight is 447 g/mol. The predicted octanol–water partition coefficient (Wildman–Crippen LogP) is 2.80. The van der Waals surface area contributed by atoms with Gasteiger partial charge in [0.25, 0.3) is 10.0 Å². The van der Waals surface area contributed by atoms with E-state index < -0.39 is 21.7 Å². The minimum atomic E-state index is -4.08. The van der Waals surface area contributed by atoms with E-state index in [4.69, 9.17) is 4.74 Å². The van der Waals surface area contributed by atoms with Crippen molar-refractivity contribution in [2.24, 2.45) is 7.05 Å². The highest BCUT2D eigenvalue weighted by molar-refractivity contribution is 7.90. The standard InChI is InChI=1S/C21H23FN4O4S/c1-13(2)17-8-15(22)9-18(14-5-6-23-21(7-14)30-4)19(17)10-20(27)25-31(28,29)16-11-24-26(3)12-16/h5-9,11-13H,10H2,1-4H3,(H,25,27). The van der Waals surface area contributed by atoms with Crippen LogP contribution in [0.25, 0.3) is 11.1 Å². The Labute approximate surface area is 180 Å². The van der Waals surface area contributed by atoms with Crippen LogP contribution in [0, 0.1) is 5.82 Å². The lowest BCUT2D eigenvalue weighted by atomic mass is 9.88. The van der Waals surface area contributed by atoms with Crippen LogP contribution in [0.2, 0.25) is 0 Å². The first-order chi connectivity index (χ1) is 14.6. The summed E-state index contributed by atoms with van der Waals surface area (Å²) >= 11 is 0. The molecule has 10 heteroatoms. The largest absolute Gasteiger partial charge is 0.481 e. The number of methoxy groups -OCH3 is 1. The van der Waals surface area contributed by atoms with Gasteiger partial charge in [-0.15, -0.1) is 0 Å². The molecule has 0 radical (unpaired) electrons. The second-order valence-electron chi connectivity index (χ2n) is 7.32. The molecule has 0 aliphatic rings. The summed E-state index contributed by atoms with van der Waals surface area (Å²) in [6.07, 6.45) is 3.71. The molecule has 0 saturated carbocycles. The third kappa shape index (κ3) is 5.08. The Hall–Kier alpha value is -3.27. The SMILES string of the molecule is COc1cc(-c2cc(F)cc(C(C)C)c2CC(=O)NS(=O)(=O)c2cnn(C)c2)ccn1. The van der Waals surface area contributed by atoms with Crippen LogP contribution in [0.4, 0.5) is 4.39 Å². The molecule has 3 rings (SSSR count). The number of benzene rings is 1. The van der Waals surface area contributed by atoms with Crippen molar-refractivity contribution >= 4 is 15.9 Å². The van der Waals surface area contributed by atoms with Gasteiger partial charge >= 0.3 is 0 Å². The van der Waals surface area contributed by atoms with E-state index in [1.165, 1.54) is 36.3 Å². The number of nitrogens with one attached hydrogen (secondary N) is 1. The van der Waals surface area contributed by atoms with Crippen molar-refractivity contribution in [3.05, 3.63) is 59.8 Å². The highest BCUT2D eigenvalue weighted by Gasteiger charge is 2.23. The number of carbonyl (C=O) groups excluding carboxylic acids is 1. The van der Waals surface area contributed by atoms with Crippen LogP contribution in [0.3, 0.4) is 0 Å². The van der Waals surface area contributed by atoms with Gasteiger partial charge in [0.15, 0.2) is 0 Å². The number of amides is 1. The van der Waals surface area contributed by atoms with E-state index >= 15 is 0 Å². The topological polar surface area (TPSA) is 103 Å². The van der Waals surface area contributed by atoms with Crippen LogP contribution in [0.5, 0.6) is 5.88 Å². The number of aromatic nitrogens is 3. The van der Waals surface area contributed by atoms with Crippen LogP contribution >= 0.6 is 0 Å². The number of halogens is 1. The van der Waals surface area contributed by atoms with E-state index in [1.54, 1.807) is 19.2 Å². The minimum Gasteiger partial charge on any atom is -0.481 e. The lowest BCUT2D eigenvalue weighted by Gasteiger charge is -2.18. The number of hydrogen-bond donors (Lipinski definition) is 1. The summed E-state index contributed by atoms with van der Waals surface area (Å²) in [5.41, 5.74) is 2.22. The molecule has 2 heterocycles. The molecular weight excluding hydrogens is 423 g/mol. The molecule has 31 heavy (non-hydrogen) atoms. The molecule has 0 saturated heterocycles. The van der Waals surface area contributed by atoms with E-state index in [0.717, 1.165) is 6.20 Å². The molecule has 164 valence electrons. The minimum absolute atomic E-state index is 0.101. The van der Waals surface area contributed by atoms with Crippen LogP contribution < -0.4 is 9.46 Å². The molecule has 0 fully saturated rings. The zero-order chi connectivity index (χ0) is 22.8. The highest BCUT2D eigenvalue weighted by atomic mass is 32.2. The molecule has 1 aromatic carbocycles. The maximum absolute atomic E-state index is 14.4. The number of carbonyl (C=O) groups is 1. The summed E-state index contributed by atoms with van der Waals surface area (Å²) < 4.78 is 47.9. The van der Waals surface area contributed by atoms with Gasteiger partial charge in [0, 0.05) is 25.5 Å². The molecule has 0 bridgehead atoms. The Kier molecular flexibility index (Phi) is 6.40. The van der Waals surface area contributed by atoms with Gasteiger partial charge in [-0.05, 0) is 46.4 Å². The number of ether oxygens (including phenoxy) is 1. The number of nitrogens with zero attached hydrogens (tertiary/aromatic N) is 3. The van der Waals surface area contributed by atoms with Crippen LogP contribution in [-0.4, -0.2) is 36.2 Å². The van der Waals surface area contributed by atoms with Gasteiger partial charge in [-0.3, -0.25) is 9.48 Å². The number of sulfonamides is 1. The number of rotatable bonds is 7. The lowest BCUT2D eigenvalue weighted by molar-refractivity contribution is -0.118. The predicted molar refractivity (Wildman–Crippen MR) is 113 cm³/mol. The van der Waals surface area contributed by atoms with Crippen LogP contribution in [0.1, 0.15) is 30.9 Å². The summed E-state index contributed by atoms with van der Waals surface area (Å²) in [5.74, 6) is -0.959. The summed E-state index contributed by atoms with van der Waals surface area (Å²) in [6, 6.07) is 5.99. The van der Waals surface area contributed by atoms with Crippen molar-refractivity contribution in [1.82, 2.24) is 19.5 Å². The zero-order valence-electron chi connectivity index (χ0n) is 17.6. The molecule has 0 unspecified atom stereocenters. The molecule has 1 amide bonds. The monoisotopic (exact) mass is 446 g/mol. The van der Waals surface area contributed by atoms with Crippen LogP contribution in [-0.2, 0) is 28.3 Å². The smallest absolute Gasteiger partial charge is 0.267 e. The fourth-order valence-corrected chi connectivity index (χ4v) is 4.23. The maximum Gasteiger partial charge on any atom is 0.267 e. The van der Waals surface area contributed by atoms with Gasteiger partial charge < -0.3 is 4.74 Å². The molecule has 0 atom stereocenters. The van der Waals surface area contributed by atoms with Crippen molar-refractivity contribution in [2.45, 2.75) is 31.1 Å². The summed E-state index contributed by atoms with van der Waals surface area (Å²) in [7, 11) is -1.04. The summed E-state index contributed by atoms with van der Waals surface area (Å²) in [5, 5.41) is 3.82. The van der Waals surface area contributed by atoms with Crippen molar-refractivity contribution in [3.63, 3.8) is 0 Å². The summed E-state index contributed by atoms with van der Waals surface area (Å²) in [6.45, 7) is 3.75.